The molecule has 0 aliphatic heterocycles. The van der Waals surface area contributed by atoms with Gasteiger partial charge in [0.2, 0.25) is 0 Å². The maximum atomic E-state index is 5.34. The molecule has 3 nitrogen and oxygen atoms in total. The molecule has 0 spiro atoms. The predicted octanol–water partition coefficient (Wildman–Crippen LogP) is 0.874. The van der Waals surface area contributed by atoms with E-state index in [2.05, 4.69) is 5.16 Å². The van der Waals surface area contributed by atoms with Gasteiger partial charge in [0.15, 0.2) is 0 Å². The largest absolute Gasteiger partial charge is 0.361 e. The van der Waals surface area contributed by atoms with Gasteiger partial charge in [-0.25, -0.2) is 0 Å². The second kappa shape index (κ2) is 3.37. The second-order valence-corrected chi connectivity index (χ2v) is 2.30. The van der Waals surface area contributed by atoms with Crippen LogP contribution in [-0.2, 0) is 6.42 Å². The van der Waals surface area contributed by atoms with Gasteiger partial charge in [-0.3, -0.25) is 0 Å². The Kier molecular flexibility index (Phi) is 2.45. The molecule has 0 unspecified atom stereocenters. The molecule has 1 rings (SSSR count). The van der Waals surface area contributed by atoms with Crippen molar-refractivity contribution in [1.82, 2.24) is 5.16 Å². The Morgan fingerprint density at radius 1 is 1.70 bits per heavy atom. The minimum Gasteiger partial charge on any atom is -0.361 e. The molecule has 0 radical (unpaired) electrons. The van der Waals surface area contributed by atoms with Crippen LogP contribution >= 0.6 is 0 Å². The van der Waals surface area contributed by atoms with Crippen LogP contribution in [0.25, 0.3) is 0 Å². The number of aryl methyl sites for hydroxylation is 2. The van der Waals surface area contributed by atoms with Crippen LogP contribution in [0.2, 0.25) is 0 Å². The molecule has 0 aromatic carbocycles. The van der Waals surface area contributed by atoms with E-state index in [1.807, 2.05) is 6.92 Å². The highest BCUT2D eigenvalue weighted by molar-refractivity contribution is 5.11. The van der Waals surface area contributed by atoms with Gasteiger partial charge in [-0.05, 0) is 26.3 Å². The summed E-state index contributed by atoms with van der Waals surface area (Å²) < 4.78 is 4.87. The van der Waals surface area contributed by atoms with Gasteiger partial charge in [0, 0.05) is 5.56 Å². The topological polar surface area (TPSA) is 52.0 Å². The van der Waals surface area contributed by atoms with Crippen LogP contribution in [0.4, 0.5) is 0 Å². The molecule has 56 valence electrons. The molecule has 0 saturated heterocycles. The molecule has 0 aliphatic carbocycles. The lowest BCUT2D eigenvalue weighted by Crippen LogP contribution is -2.00. The first-order chi connectivity index (χ1) is 4.84. The van der Waals surface area contributed by atoms with Crippen LogP contribution in [0.3, 0.4) is 0 Å². The zero-order chi connectivity index (χ0) is 7.40. The van der Waals surface area contributed by atoms with Crippen molar-refractivity contribution >= 4 is 0 Å². The van der Waals surface area contributed by atoms with Gasteiger partial charge in [0.1, 0.15) is 5.76 Å². The molecule has 1 aromatic heterocycles. The molecule has 3 heteroatoms. The normalized spacial score (nSPS) is 10.2. The molecule has 0 fully saturated rings. The third-order valence-corrected chi connectivity index (χ3v) is 1.50. The average Bonchev–Trinajstić information content (AvgIpc) is 2.31. The number of hydrogen-bond acceptors (Lipinski definition) is 3. The second-order valence-electron chi connectivity index (χ2n) is 2.30. The fourth-order valence-corrected chi connectivity index (χ4v) is 0.852. The SMILES string of the molecule is Cc1oncc1CCCN. The van der Waals surface area contributed by atoms with Crippen molar-refractivity contribution in [3.63, 3.8) is 0 Å². The number of nitrogens with zero attached hydrogens (tertiary/aromatic N) is 1. The molecule has 0 amide bonds. The first-order valence-electron chi connectivity index (χ1n) is 3.45. The van der Waals surface area contributed by atoms with Gasteiger partial charge in [-0.2, -0.15) is 0 Å². The van der Waals surface area contributed by atoms with E-state index in [0.717, 1.165) is 25.1 Å². The lowest BCUT2D eigenvalue weighted by Gasteiger charge is -1.92. The van der Waals surface area contributed by atoms with Gasteiger partial charge in [0.25, 0.3) is 0 Å². The summed E-state index contributed by atoms with van der Waals surface area (Å²) >= 11 is 0. The van der Waals surface area contributed by atoms with E-state index in [1.54, 1.807) is 6.20 Å². The third-order valence-electron chi connectivity index (χ3n) is 1.50. The highest BCUT2D eigenvalue weighted by Crippen LogP contribution is 2.07. The van der Waals surface area contributed by atoms with Gasteiger partial charge < -0.3 is 10.3 Å². The van der Waals surface area contributed by atoms with Gasteiger partial charge >= 0.3 is 0 Å². The Hall–Kier alpha value is -0.830. The van der Waals surface area contributed by atoms with Crippen LogP contribution in [-0.4, -0.2) is 11.7 Å². The number of aromatic nitrogens is 1. The molecule has 0 saturated carbocycles. The Morgan fingerprint density at radius 3 is 3.00 bits per heavy atom. The first-order valence-corrected chi connectivity index (χ1v) is 3.45. The lowest BCUT2D eigenvalue weighted by atomic mass is 10.1. The molecule has 1 aromatic rings. The number of hydrogen-bond donors (Lipinski definition) is 1. The summed E-state index contributed by atoms with van der Waals surface area (Å²) in [6, 6.07) is 0. The molecular weight excluding hydrogens is 128 g/mol. The van der Waals surface area contributed by atoms with Crippen molar-refractivity contribution in [1.29, 1.82) is 0 Å². The van der Waals surface area contributed by atoms with Crippen LogP contribution in [0.15, 0.2) is 10.7 Å². The molecule has 0 bridgehead atoms. The monoisotopic (exact) mass is 140 g/mol. The molecule has 1 heterocycles. The van der Waals surface area contributed by atoms with Crippen molar-refractivity contribution in [3.05, 3.63) is 17.5 Å². The quantitative estimate of drug-likeness (QED) is 0.677. The predicted molar refractivity (Wildman–Crippen MR) is 38.6 cm³/mol. The summed E-state index contributed by atoms with van der Waals surface area (Å²) in [5, 5.41) is 3.66. The summed E-state index contributed by atoms with van der Waals surface area (Å²) in [5.74, 6) is 0.911. The van der Waals surface area contributed by atoms with Crippen molar-refractivity contribution < 1.29 is 4.52 Å². The number of nitrogens with two attached hydrogens (primary N) is 1. The van der Waals surface area contributed by atoms with E-state index in [0.29, 0.717) is 0 Å². The molecule has 10 heavy (non-hydrogen) atoms. The van der Waals surface area contributed by atoms with E-state index in [4.69, 9.17) is 10.3 Å². The van der Waals surface area contributed by atoms with E-state index in [9.17, 15) is 0 Å². The first kappa shape index (κ1) is 7.28. The van der Waals surface area contributed by atoms with Crippen molar-refractivity contribution in [2.75, 3.05) is 6.54 Å². The van der Waals surface area contributed by atoms with E-state index in [-0.39, 0.29) is 0 Å². The number of rotatable bonds is 3. The summed E-state index contributed by atoms with van der Waals surface area (Å²) in [4.78, 5) is 0. The van der Waals surface area contributed by atoms with Crippen LogP contribution < -0.4 is 5.73 Å². The fraction of sp³-hybridized carbons (Fsp3) is 0.571. The summed E-state index contributed by atoms with van der Waals surface area (Å²) in [5.41, 5.74) is 6.52. The maximum absolute atomic E-state index is 5.34. The highest BCUT2D eigenvalue weighted by Gasteiger charge is 2.00. The Balaban J connectivity index is 2.49. The van der Waals surface area contributed by atoms with Crippen molar-refractivity contribution in [3.8, 4) is 0 Å². The minimum atomic E-state index is 0.727. The third kappa shape index (κ3) is 1.57. The zero-order valence-electron chi connectivity index (χ0n) is 6.13. The summed E-state index contributed by atoms with van der Waals surface area (Å²) in [6.07, 6.45) is 3.74. The van der Waals surface area contributed by atoms with Crippen LogP contribution in [0.5, 0.6) is 0 Å². The molecule has 0 atom stereocenters. The maximum Gasteiger partial charge on any atom is 0.136 e. The zero-order valence-corrected chi connectivity index (χ0v) is 6.13. The Bertz CT molecular complexity index is 195. The van der Waals surface area contributed by atoms with E-state index < -0.39 is 0 Å². The fourth-order valence-electron chi connectivity index (χ4n) is 0.852. The van der Waals surface area contributed by atoms with Gasteiger partial charge in [-0.1, -0.05) is 5.16 Å². The highest BCUT2D eigenvalue weighted by atomic mass is 16.5. The summed E-state index contributed by atoms with van der Waals surface area (Å²) in [7, 11) is 0. The minimum absolute atomic E-state index is 0.727. The molecule has 2 N–H and O–H groups in total. The van der Waals surface area contributed by atoms with Gasteiger partial charge in [0.05, 0.1) is 6.20 Å². The van der Waals surface area contributed by atoms with E-state index >= 15 is 0 Å². The van der Waals surface area contributed by atoms with Crippen molar-refractivity contribution in [2.24, 2.45) is 5.73 Å². The standard InChI is InChI=1S/C7H12N2O/c1-6-7(3-2-4-8)5-9-10-6/h5H,2-4,8H2,1H3. The Labute approximate surface area is 60.2 Å². The van der Waals surface area contributed by atoms with E-state index in [1.165, 1.54) is 5.56 Å². The van der Waals surface area contributed by atoms with Crippen molar-refractivity contribution in [2.45, 2.75) is 19.8 Å². The average molecular weight is 140 g/mol. The molecular formula is C7H12N2O. The molecule has 0 aliphatic rings. The van der Waals surface area contributed by atoms with Crippen LogP contribution in [0, 0.1) is 6.92 Å². The smallest absolute Gasteiger partial charge is 0.136 e. The summed E-state index contributed by atoms with van der Waals surface area (Å²) in [6.45, 7) is 2.64. The van der Waals surface area contributed by atoms with Crippen LogP contribution in [0.1, 0.15) is 17.7 Å². The lowest BCUT2D eigenvalue weighted by molar-refractivity contribution is 0.396. The Morgan fingerprint density at radius 2 is 2.50 bits per heavy atom. The van der Waals surface area contributed by atoms with Gasteiger partial charge in [-0.15, -0.1) is 0 Å².